The molecule has 0 unspecified atom stereocenters. The number of aromatic nitrogens is 2. The average Bonchev–Trinajstić information content (AvgIpc) is 3.15. The van der Waals surface area contributed by atoms with Crippen molar-refractivity contribution in [3.63, 3.8) is 0 Å². The SMILES string of the molecule is Clc1ccc2c(NCC[NH+]3CCCC3)nc(-c3ccccc3Cl)nc2c1. The van der Waals surface area contributed by atoms with E-state index in [0.29, 0.717) is 15.9 Å². The normalized spacial score (nSPS) is 14.8. The molecular weight excluding hydrogens is 367 g/mol. The van der Waals surface area contributed by atoms with Crippen molar-refractivity contribution in [3.05, 3.63) is 52.5 Å². The second-order valence-corrected chi connectivity index (χ2v) is 7.51. The molecule has 6 heteroatoms. The minimum Gasteiger partial charge on any atom is -0.364 e. The van der Waals surface area contributed by atoms with E-state index in [9.17, 15) is 0 Å². The minimum atomic E-state index is 0.612. The molecule has 4 nitrogen and oxygen atoms in total. The molecule has 0 bridgehead atoms. The summed E-state index contributed by atoms with van der Waals surface area (Å²) in [5, 5.41) is 5.78. The van der Waals surface area contributed by atoms with Crippen LogP contribution >= 0.6 is 23.2 Å². The fraction of sp³-hybridized carbons (Fsp3) is 0.300. The highest BCUT2D eigenvalue weighted by Crippen LogP contribution is 2.30. The summed E-state index contributed by atoms with van der Waals surface area (Å²) < 4.78 is 0. The van der Waals surface area contributed by atoms with Gasteiger partial charge in [0.1, 0.15) is 5.82 Å². The maximum absolute atomic E-state index is 6.35. The van der Waals surface area contributed by atoms with Gasteiger partial charge >= 0.3 is 0 Å². The van der Waals surface area contributed by atoms with Gasteiger partial charge in [0, 0.05) is 28.8 Å². The van der Waals surface area contributed by atoms with Gasteiger partial charge in [-0.1, -0.05) is 35.3 Å². The third-order valence-corrected chi connectivity index (χ3v) is 5.42. The molecule has 26 heavy (non-hydrogen) atoms. The molecule has 4 rings (SSSR count). The monoisotopic (exact) mass is 387 g/mol. The molecule has 2 N–H and O–H groups in total. The predicted octanol–water partition coefficient (Wildman–Crippen LogP) is 3.69. The van der Waals surface area contributed by atoms with Crippen LogP contribution in [0.5, 0.6) is 0 Å². The number of benzene rings is 2. The average molecular weight is 388 g/mol. The van der Waals surface area contributed by atoms with Gasteiger partial charge in [-0.15, -0.1) is 0 Å². The Morgan fingerprint density at radius 2 is 1.81 bits per heavy atom. The van der Waals surface area contributed by atoms with Crippen molar-refractivity contribution in [1.82, 2.24) is 9.97 Å². The molecule has 1 aliphatic rings. The molecule has 134 valence electrons. The van der Waals surface area contributed by atoms with Crippen molar-refractivity contribution < 1.29 is 4.90 Å². The largest absolute Gasteiger partial charge is 0.364 e. The Hall–Kier alpha value is -1.88. The van der Waals surface area contributed by atoms with E-state index in [0.717, 1.165) is 35.4 Å². The van der Waals surface area contributed by atoms with Crippen LogP contribution in [-0.2, 0) is 0 Å². The van der Waals surface area contributed by atoms with E-state index in [2.05, 4.69) is 10.3 Å². The van der Waals surface area contributed by atoms with Crippen molar-refractivity contribution in [2.24, 2.45) is 0 Å². The van der Waals surface area contributed by atoms with Crippen molar-refractivity contribution in [1.29, 1.82) is 0 Å². The maximum atomic E-state index is 6.35. The highest BCUT2D eigenvalue weighted by molar-refractivity contribution is 6.33. The lowest BCUT2D eigenvalue weighted by atomic mass is 10.2. The predicted molar refractivity (Wildman–Crippen MR) is 108 cm³/mol. The van der Waals surface area contributed by atoms with Crippen LogP contribution in [-0.4, -0.2) is 36.1 Å². The summed E-state index contributed by atoms with van der Waals surface area (Å²) in [6, 6.07) is 13.4. The fourth-order valence-corrected chi connectivity index (χ4v) is 3.87. The molecule has 1 fully saturated rings. The summed E-state index contributed by atoms with van der Waals surface area (Å²) in [7, 11) is 0. The second-order valence-electron chi connectivity index (χ2n) is 6.67. The van der Waals surface area contributed by atoms with Crippen molar-refractivity contribution in [3.8, 4) is 11.4 Å². The Morgan fingerprint density at radius 1 is 1.00 bits per heavy atom. The van der Waals surface area contributed by atoms with Crippen LogP contribution in [0, 0.1) is 0 Å². The summed E-state index contributed by atoms with van der Waals surface area (Å²) in [4.78, 5) is 11.1. The zero-order valence-corrected chi connectivity index (χ0v) is 15.9. The number of fused-ring (bicyclic) bond motifs is 1. The molecule has 0 aliphatic carbocycles. The van der Waals surface area contributed by atoms with Gasteiger partial charge in [0.25, 0.3) is 0 Å². The van der Waals surface area contributed by atoms with E-state index < -0.39 is 0 Å². The Bertz CT molecular complexity index is 923. The number of rotatable bonds is 5. The second kappa shape index (κ2) is 7.78. The maximum Gasteiger partial charge on any atom is 0.163 e. The van der Waals surface area contributed by atoms with Gasteiger partial charge in [-0.05, 0) is 30.3 Å². The van der Waals surface area contributed by atoms with Gasteiger partial charge in [0.15, 0.2) is 5.82 Å². The summed E-state index contributed by atoms with van der Waals surface area (Å²) in [5.74, 6) is 1.45. The number of nitrogens with one attached hydrogen (secondary N) is 2. The quantitative estimate of drug-likeness (QED) is 0.701. The number of likely N-dealkylation sites (tertiary alicyclic amines) is 1. The molecule has 0 saturated carbocycles. The van der Waals surface area contributed by atoms with E-state index in [4.69, 9.17) is 28.2 Å². The number of halogens is 2. The van der Waals surface area contributed by atoms with Gasteiger partial charge in [-0.2, -0.15) is 0 Å². The summed E-state index contributed by atoms with van der Waals surface area (Å²) in [6.07, 6.45) is 2.67. The zero-order chi connectivity index (χ0) is 17.9. The molecule has 2 aromatic carbocycles. The van der Waals surface area contributed by atoms with Gasteiger partial charge in [-0.25, -0.2) is 9.97 Å². The number of anilines is 1. The van der Waals surface area contributed by atoms with Crippen LogP contribution in [0.2, 0.25) is 10.0 Å². The van der Waals surface area contributed by atoms with E-state index in [1.807, 2.05) is 42.5 Å². The molecule has 0 radical (unpaired) electrons. The minimum absolute atomic E-state index is 0.612. The Balaban J connectivity index is 1.68. The topological polar surface area (TPSA) is 42.2 Å². The first-order valence-corrected chi connectivity index (χ1v) is 9.76. The Morgan fingerprint density at radius 3 is 2.62 bits per heavy atom. The molecule has 0 atom stereocenters. The first-order chi connectivity index (χ1) is 12.7. The molecule has 3 aromatic rings. The van der Waals surface area contributed by atoms with Crippen LogP contribution in [0.25, 0.3) is 22.3 Å². The van der Waals surface area contributed by atoms with Crippen LogP contribution in [0.4, 0.5) is 5.82 Å². The number of hydrogen-bond acceptors (Lipinski definition) is 3. The van der Waals surface area contributed by atoms with Crippen molar-refractivity contribution >= 4 is 39.9 Å². The lowest BCUT2D eigenvalue weighted by molar-refractivity contribution is -0.885. The standard InChI is InChI=1S/C20H20Cl2N4/c21-14-7-8-16-18(13-14)24-20(15-5-1-2-6-17(15)22)25-19(16)23-9-12-26-10-3-4-11-26/h1-2,5-8,13H,3-4,9-12H2,(H,23,24,25)/p+1. The molecule has 1 aromatic heterocycles. The highest BCUT2D eigenvalue weighted by Gasteiger charge is 2.16. The summed E-state index contributed by atoms with van der Waals surface area (Å²) in [6.45, 7) is 4.52. The molecule has 1 aliphatic heterocycles. The van der Waals surface area contributed by atoms with E-state index in [1.54, 1.807) is 4.90 Å². The van der Waals surface area contributed by atoms with Gasteiger partial charge in [0.05, 0.1) is 36.7 Å². The first kappa shape index (κ1) is 17.5. The Labute approximate surface area is 163 Å². The third-order valence-electron chi connectivity index (χ3n) is 4.86. The first-order valence-electron chi connectivity index (χ1n) is 9.00. The van der Waals surface area contributed by atoms with Gasteiger partial charge in [0.2, 0.25) is 0 Å². The summed E-state index contributed by atoms with van der Waals surface area (Å²) >= 11 is 12.5. The summed E-state index contributed by atoms with van der Waals surface area (Å²) in [5.41, 5.74) is 1.64. The van der Waals surface area contributed by atoms with Crippen molar-refractivity contribution in [2.45, 2.75) is 12.8 Å². The van der Waals surface area contributed by atoms with Crippen LogP contribution < -0.4 is 10.2 Å². The molecular formula is C20H21Cl2N4+. The number of nitrogens with zero attached hydrogens (tertiary/aromatic N) is 2. The van der Waals surface area contributed by atoms with E-state index >= 15 is 0 Å². The number of hydrogen-bond donors (Lipinski definition) is 2. The third kappa shape index (κ3) is 3.78. The molecule has 0 amide bonds. The lowest BCUT2D eigenvalue weighted by Gasteiger charge is -2.15. The molecule has 1 saturated heterocycles. The molecule has 0 spiro atoms. The lowest BCUT2D eigenvalue weighted by Crippen LogP contribution is -3.10. The smallest absolute Gasteiger partial charge is 0.163 e. The van der Waals surface area contributed by atoms with Crippen LogP contribution in [0.15, 0.2) is 42.5 Å². The fourth-order valence-electron chi connectivity index (χ4n) is 3.48. The Kier molecular flexibility index (Phi) is 5.25. The van der Waals surface area contributed by atoms with Crippen molar-refractivity contribution in [2.75, 3.05) is 31.5 Å². The van der Waals surface area contributed by atoms with E-state index in [1.165, 1.54) is 25.9 Å². The molecule has 2 heterocycles. The number of quaternary nitrogens is 1. The van der Waals surface area contributed by atoms with Crippen LogP contribution in [0.3, 0.4) is 0 Å². The zero-order valence-electron chi connectivity index (χ0n) is 14.4. The van der Waals surface area contributed by atoms with E-state index in [-0.39, 0.29) is 0 Å². The van der Waals surface area contributed by atoms with Gasteiger partial charge < -0.3 is 10.2 Å². The van der Waals surface area contributed by atoms with Gasteiger partial charge in [-0.3, -0.25) is 0 Å². The highest BCUT2D eigenvalue weighted by atomic mass is 35.5. The van der Waals surface area contributed by atoms with Crippen LogP contribution in [0.1, 0.15) is 12.8 Å².